The van der Waals surface area contributed by atoms with E-state index in [0.717, 1.165) is 18.4 Å². The topological polar surface area (TPSA) is 37.3 Å². The molecule has 25 heavy (non-hydrogen) atoms. The summed E-state index contributed by atoms with van der Waals surface area (Å²) in [6, 6.07) is 14.1. The molecule has 126 valence electrons. The zero-order chi connectivity index (χ0) is 17.4. The molecule has 0 saturated heterocycles. The fraction of sp³-hybridized carbons (Fsp3) is 0.348. The maximum atomic E-state index is 12.2. The molecule has 0 heterocycles. The molecule has 2 heteroatoms. The molecule has 2 aromatic rings. The second kappa shape index (κ2) is 6.41. The van der Waals surface area contributed by atoms with Gasteiger partial charge in [-0.25, -0.2) is 0 Å². The zero-order valence-corrected chi connectivity index (χ0v) is 14.5. The van der Waals surface area contributed by atoms with Gasteiger partial charge in [0.15, 0.2) is 0 Å². The Kier molecular flexibility index (Phi) is 4.09. The smallest absolute Gasteiger partial charge is 0.133 e. The van der Waals surface area contributed by atoms with Gasteiger partial charge >= 0.3 is 0 Å². The van der Waals surface area contributed by atoms with Crippen molar-refractivity contribution in [3.05, 3.63) is 64.7 Å². The number of ketones is 1. The molecule has 0 radical (unpaired) electrons. The van der Waals surface area contributed by atoms with Gasteiger partial charge in [-0.2, -0.15) is 0 Å². The van der Waals surface area contributed by atoms with Crippen LogP contribution in [0.2, 0.25) is 0 Å². The summed E-state index contributed by atoms with van der Waals surface area (Å²) in [5.74, 6) is 8.00. The first-order valence-corrected chi connectivity index (χ1v) is 9.02. The van der Waals surface area contributed by atoms with E-state index in [4.69, 9.17) is 0 Å². The van der Waals surface area contributed by atoms with Crippen molar-refractivity contribution in [1.29, 1.82) is 0 Å². The fourth-order valence-corrected chi connectivity index (χ4v) is 4.67. The minimum atomic E-state index is 0.294. The maximum absolute atomic E-state index is 12.2. The van der Waals surface area contributed by atoms with Crippen molar-refractivity contribution >= 4 is 5.78 Å². The van der Waals surface area contributed by atoms with E-state index in [9.17, 15) is 9.90 Å². The highest BCUT2D eigenvalue weighted by Gasteiger charge is 2.40. The van der Waals surface area contributed by atoms with E-state index < -0.39 is 0 Å². The summed E-state index contributed by atoms with van der Waals surface area (Å²) in [6.07, 6.45) is 3.29. The molecule has 2 aromatic carbocycles. The molecule has 0 aliphatic heterocycles. The van der Waals surface area contributed by atoms with Gasteiger partial charge in [0.2, 0.25) is 0 Å². The quantitative estimate of drug-likeness (QED) is 0.779. The lowest BCUT2D eigenvalue weighted by atomic mass is 9.61. The van der Waals surface area contributed by atoms with Gasteiger partial charge in [-0.1, -0.05) is 24.1 Å². The number of hydrogen-bond donors (Lipinski definition) is 1. The van der Waals surface area contributed by atoms with Gasteiger partial charge in [0.1, 0.15) is 11.5 Å². The highest BCUT2D eigenvalue weighted by molar-refractivity contribution is 5.80. The Morgan fingerprint density at radius 1 is 1.04 bits per heavy atom. The van der Waals surface area contributed by atoms with E-state index >= 15 is 0 Å². The third-order valence-corrected chi connectivity index (χ3v) is 5.81. The Labute approximate surface area is 148 Å². The van der Waals surface area contributed by atoms with Crippen LogP contribution in [0, 0.1) is 17.8 Å². The first kappa shape index (κ1) is 16.0. The summed E-state index contributed by atoms with van der Waals surface area (Å²) in [4.78, 5) is 12.2. The van der Waals surface area contributed by atoms with Gasteiger partial charge in [0, 0.05) is 18.4 Å². The summed E-state index contributed by atoms with van der Waals surface area (Å²) in [6.45, 7) is 1.85. The molecule has 1 N–H and O–H groups in total. The predicted octanol–water partition coefficient (Wildman–Crippen LogP) is 4.56. The van der Waals surface area contributed by atoms with E-state index in [-0.39, 0.29) is 0 Å². The van der Waals surface area contributed by atoms with Crippen LogP contribution in [-0.4, -0.2) is 10.9 Å². The monoisotopic (exact) mass is 330 g/mol. The second-order valence-electron chi connectivity index (χ2n) is 7.24. The van der Waals surface area contributed by atoms with Crippen molar-refractivity contribution in [3.63, 3.8) is 0 Å². The molecule has 2 nitrogen and oxygen atoms in total. The maximum Gasteiger partial charge on any atom is 0.133 e. The highest BCUT2D eigenvalue weighted by Crippen LogP contribution is 2.50. The van der Waals surface area contributed by atoms with Gasteiger partial charge in [-0.15, -0.1) is 5.92 Å². The Morgan fingerprint density at radius 2 is 1.84 bits per heavy atom. The summed E-state index contributed by atoms with van der Waals surface area (Å²) in [5.41, 5.74) is 4.98. The number of Topliss-reactive ketones (excluding diaryl/α,β-unsaturated/α-hetero) is 1. The fourth-order valence-electron chi connectivity index (χ4n) is 4.67. The summed E-state index contributed by atoms with van der Waals surface area (Å²) in [5, 5.41) is 9.60. The predicted molar refractivity (Wildman–Crippen MR) is 98.6 cm³/mol. The van der Waals surface area contributed by atoms with E-state index in [2.05, 4.69) is 30.0 Å². The zero-order valence-electron chi connectivity index (χ0n) is 14.5. The third-order valence-electron chi connectivity index (χ3n) is 5.81. The first-order valence-electron chi connectivity index (χ1n) is 9.02. The number of hydrogen-bond acceptors (Lipinski definition) is 2. The Balaban J connectivity index is 1.78. The largest absolute Gasteiger partial charge is 0.508 e. The molecule has 1 fully saturated rings. The van der Waals surface area contributed by atoms with Crippen LogP contribution in [0.1, 0.15) is 60.3 Å². The molecular formula is C23H22O2. The van der Waals surface area contributed by atoms with Crippen molar-refractivity contribution < 1.29 is 9.90 Å². The number of carbonyl (C=O) groups excluding carboxylic acids is 1. The minimum absolute atomic E-state index is 0.294. The molecule has 0 bridgehead atoms. The number of aromatic hydroxyl groups is 1. The van der Waals surface area contributed by atoms with Crippen LogP contribution in [-0.2, 0) is 11.2 Å². The Bertz CT molecular complexity index is 867. The lowest BCUT2D eigenvalue weighted by molar-refractivity contribution is -0.121. The average molecular weight is 330 g/mol. The van der Waals surface area contributed by atoms with Crippen molar-refractivity contribution in [3.8, 4) is 17.6 Å². The van der Waals surface area contributed by atoms with Crippen molar-refractivity contribution in [2.75, 3.05) is 0 Å². The minimum Gasteiger partial charge on any atom is -0.508 e. The molecule has 2 aliphatic rings. The van der Waals surface area contributed by atoms with Crippen LogP contribution in [0.15, 0.2) is 42.5 Å². The van der Waals surface area contributed by atoms with Gasteiger partial charge < -0.3 is 5.11 Å². The van der Waals surface area contributed by atoms with Gasteiger partial charge in [0.25, 0.3) is 0 Å². The number of phenols is 1. The molecule has 2 aliphatic carbocycles. The van der Waals surface area contributed by atoms with Crippen LogP contribution in [0.5, 0.6) is 5.75 Å². The molecule has 3 unspecified atom stereocenters. The van der Waals surface area contributed by atoms with Crippen LogP contribution in [0.3, 0.4) is 0 Å². The standard InChI is InChI=1S/C23H22O2/c1-2-3-15-4-5-17-13-22(16-6-8-18(24)9-7-16)20-11-10-19(25)14-23(20)21(17)12-15/h4-9,12,20,22-24H,10-11,13-14H2,1H3. The molecule has 0 aromatic heterocycles. The lowest BCUT2D eigenvalue weighted by Gasteiger charge is -2.42. The van der Waals surface area contributed by atoms with Crippen LogP contribution < -0.4 is 0 Å². The van der Waals surface area contributed by atoms with Crippen molar-refractivity contribution in [2.24, 2.45) is 5.92 Å². The lowest BCUT2D eigenvalue weighted by Crippen LogP contribution is -2.33. The SMILES string of the molecule is CC#Cc1ccc2c(c1)C1CC(=O)CCC1C(c1ccc(O)cc1)C2. The molecular weight excluding hydrogens is 308 g/mol. The average Bonchev–Trinajstić information content (AvgIpc) is 2.62. The van der Waals surface area contributed by atoms with Crippen molar-refractivity contribution in [2.45, 2.75) is 44.4 Å². The second-order valence-corrected chi connectivity index (χ2v) is 7.24. The highest BCUT2D eigenvalue weighted by atomic mass is 16.3. The number of fused-ring (bicyclic) bond motifs is 3. The number of carbonyl (C=O) groups is 1. The number of rotatable bonds is 1. The van der Waals surface area contributed by atoms with E-state index in [1.54, 1.807) is 12.1 Å². The van der Waals surface area contributed by atoms with Gasteiger partial charge in [-0.05, 0) is 78.5 Å². The van der Waals surface area contributed by atoms with E-state index in [0.29, 0.717) is 42.1 Å². The molecule has 4 rings (SSSR count). The van der Waals surface area contributed by atoms with Crippen LogP contribution in [0.25, 0.3) is 0 Å². The Morgan fingerprint density at radius 3 is 2.60 bits per heavy atom. The number of benzene rings is 2. The van der Waals surface area contributed by atoms with Crippen LogP contribution in [0.4, 0.5) is 0 Å². The van der Waals surface area contributed by atoms with E-state index in [1.807, 2.05) is 19.1 Å². The summed E-state index contributed by atoms with van der Waals surface area (Å²) >= 11 is 0. The molecule has 3 atom stereocenters. The van der Waals surface area contributed by atoms with Crippen LogP contribution >= 0.6 is 0 Å². The van der Waals surface area contributed by atoms with Gasteiger partial charge in [0.05, 0.1) is 0 Å². The molecule has 1 saturated carbocycles. The van der Waals surface area contributed by atoms with Crippen molar-refractivity contribution in [1.82, 2.24) is 0 Å². The molecule has 0 amide bonds. The first-order chi connectivity index (χ1) is 12.2. The summed E-state index contributed by atoms with van der Waals surface area (Å²) < 4.78 is 0. The van der Waals surface area contributed by atoms with E-state index in [1.165, 1.54) is 16.7 Å². The normalized spacial score (nSPS) is 24.7. The van der Waals surface area contributed by atoms with Gasteiger partial charge in [-0.3, -0.25) is 4.79 Å². The Hall–Kier alpha value is -2.53. The number of phenolic OH excluding ortho intramolecular Hbond substituents is 1. The molecule has 0 spiro atoms. The summed E-state index contributed by atoms with van der Waals surface area (Å²) in [7, 11) is 0. The third kappa shape index (κ3) is 2.96.